The molecule has 4 N–H and O–H groups in total. The maximum absolute atomic E-state index is 10.9. The standard InChI is InChI=1S/C14H12N2O/c15-13-14(17,10-6-2-1-3-7-10)11-8-4-5-9-12(11)16-13/h1-9,17H,(H2,15,16)/p+1. The van der Waals surface area contributed by atoms with E-state index in [0.29, 0.717) is 5.84 Å². The van der Waals surface area contributed by atoms with Crippen molar-refractivity contribution in [2.75, 3.05) is 0 Å². The Morgan fingerprint density at radius 2 is 1.59 bits per heavy atom. The minimum Gasteiger partial charge on any atom is -0.370 e. The summed E-state index contributed by atoms with van der Waals surface area (Å²) in [5.74, 6) is 0.352. The highest BCUT2D eigenvalue weighted by molar-refractivity contribution is 5.93. The van der Waals surface area contributed by atoms with E-state index in [1.165, 1.54) is 0 Å². The monoisotopic (exact) mass is 225 g/mol. The topological polar surface area (TPSA) is 60.2 Å². The maximum atomic E-state index is 10.9. The van der Waals surface area contributed by atoms with Crippen molar-refractivity contribution in [2.24, 2.45) is 5.73 Å². The second kappa shape index (κ2) is 3.43. The van der Waals surface area contributed by atoms with Gasteiger partial charge in [-0.1, -0.05) is 48.5 Å². The van der Waals surface area contributed by atoms with Gasteiger partial charge in [-0.15, -0.1) is 0 Å². The average molecular weight is 225 g/mol. The first kappa shape index (κ1) is 10.1. The average Bonchev–Trinajstić information content (AvgIpc) is 2.64. The number of aliphatic hydroxyl groups is 1. The molecule has 3 nitrogen and oxygen atoms in total. The van der Waals surface area contributed by atoms with Gasteiger partial charge in [0.2, 0.25) is 5.60 Å². The molecule has 1 aliphatic rings. The fourth-order valence-corrected chi connectivity index (χ4v) is 2.28. The van der Waals surface area contributed by atoms with Crippen molar-refractivity contribution in [3.63, 3.8) is 0 Å². The van der Waals surface area contributed by atoms with Crippen LogP contribution in [0.1, 0.15) is 11.1 Å². The molecule has 0 saturated carbocycles. The van der Waals surface area contributed by atoms with Gasteiger partial charge >= 0.3 is 0 Å². The zero-order valence-electron chi connectivity index (χ0n) is 9.22. The summed E-state index contributed by atoms with van der Waals surface area (Å²) in [6.45, 7) is 0. The molecule has 17 heavy (non-hydrogen) atoms. The van der Waals surface area contributed by atoms with Crippen LogP contribution < -0.4 is 10.7 Å². The molecule has 0 aliphatic carbocycles. The van der Waals surface area contributed by atoms with Gasteiger partial charge < -0.3 is 5.11 Å². The van der Waals surface area contributed by atoms with Crippen LogP contribution >= 0.6 is 0 Å². The fourth-order valence-electron chi connectivity index (χ4n) is 2.28. The summed E-state index contributed by atoms with van der Waals surface area (Å²) in [6.07, 6.45) is 0. The van der Waals surface area contributed by atoms with Crippen LogP contribution in [-0.4, -0.2) is 10.9 Å². The van der Waals surface area contributed by atoms with Gasteiger partial charge in [0.05, 0.1) is 0 Å². The lowest BCUT2D eigenvalue weighted by molar-refractivity contribution is -0.353. The van der Waals surface area contributed by atoms with Crippen LogP contribution in [0.15, 0.2) is 54.6 Å². The molecule has 0 amide bonds. The predicted octanol–water partition coefficient (Wildman–Crippen LogP) is 0.00540. The molecule has 1 aliphatic heterocycles. The summed E-state index contributed by atoms with van der Waals surface area (Å²) >= 11 is 0. The third kappa shape index (κ3) is 1.29. The Hall–Kier alpha value is -2.13. The summed E-state index contributed by atoms with van der Waals surface area (Å²) in [6, 6.07) is 17.0. The number of nitrogens with two attached hydrogens (primary N) is 1. The number of nitrogens with one attached hydrogen (secondary N) is 1. The zero-order valence-corrected chi connectivity index (χ0v) is 9.22. The fraction of sp³-hybridized carbons (Fsp3) is 0.0714. The molecule has 0 saturated heterocycles. The lowest BCUT2D eigenvalue weighted by atomic mass is 9.86. The summed E-state index contributed by atoms with van der Waals surface area (Å²) in [5, 5.41) is 10.9. The molecular weight excluding hydrogens is 212 g/mol. The number of fused-ring (bicyclic) bond motifs is 1. The number of rotatable bonds is 1. The quantitative estimate of drug-likeness (QED) is 0.640. The second-order valence-corrected chi connectivity index (χ2v) is 4.16. The smallest absolute Gasteiger partial charge is 0.287 e. The molecule has 0 fully saturated rings. The lowest BCUT2D eigenvalue weighted by Crippen LogP contribution is -2.69. The zero-order chi connectivity index (χ0) is 11.9. The van der Waals surface area contributed by atoms with Crippen LogP contribution in [0.4, 0.5) is 5.69 Å². The summed E-state index contributed by atoms with van der Waals surface area (Å²) in [5.41, 5.74) is 7.14. The lowest BCUT2D eigenvalue weighted by Gasteiger charge is -2.20. The minimum absolute atomic E-state index is 0.352. The molecular formula is C14H13N2O+. The van der Waals surface area contributed by atoms with Gasteiger partial charge in [0.15, 0.2) is 0 Å². The Balaban J connectivity index is 2.25. The largest absolute Gasteiger partial charge is 0.370 e. The summed E-state index contributed by atoms with van der Waals surface area (Å²) in [7, 11) is 0. The molecule has 0 aromatic heterocycles. The molecule has 1 heterocycles. The van der Waals surface area contributed by atoms with Gasteiger partial charge in [0.1, 0.15) is 5.69 Å². The third-order valence-corrected chi connectivity index (χ3v) is 3.17. The van der Waals surface area contributed by atoms with Crippen molar-refractivity contribution >= 4 is 11.5 Å². The van der Waals surface area contributed by atoms with Crippen LogP contribution in [-0.2, 0) is 5.60 Å². The molecule has 0 radical (unpaired) electrons. The molecule has 2 aromatic rings. The molecule has 3 heteroatoms. The third-order valence-electron chi connectivity index (χ3n) is 3.17. The summed E-state index contributed by atoms with van der Waals surface area (Å²) in [4.78, 5) is 3.03. The number of hydrogen-bond acceptors (Lipinski definition) is 2. The molecule has 84 valence electrons. The molecule has 1 unspecified atom stereocenters. The van der Waals surface area contributed by atoms with E-state index in [1.807, 2.05) is 54.6 Å². The number of hydrogen-bond donors (Lipinski definition) is 3. The van der Waals surface area contributed by atoms with Crippen molar-refractivity contribution in [1.82, 2.24) is 0 Å². The molecule has 2 aromatic carbocycles. The van der Waals surface area contributed by atoms with E-state index < -0.39 is 5.60 Å². The summed E-state index contributed by atoms with van der Waals surface area (Å²) < 4.78 is 0. The van der Waals surface area contributed by atoms with Crippen molar-refractivity contribution in [3.05, 3.63) is 65.7 Å². The van der Waals surface area contributed by atoms with E-state index >= 15 is 0 Å². The van der Waals surface area contributed by atoms with Gasteiger partial charge in [0, 0.05) is 11.1 Å². The Morgan fingerprint density at radius 1 is 0.941 bits per heavy atom. The SMILES string of the molecule is NC1=[NH+]c2ccccc2C1(O)c1ccccc1. The van der Waals surface area contributed by atoms with Crippen molar-refractivity contribution in [1.29, 1.82) is 0 Å². The van der Waals surface area contributed by atoms with E-state index in [9.17, 15) is 5.11 Å². The minimum atomic E-state index is -1.24. The van der Waals surface area contributed by atoms with E-state index in [1.54, 1.807) is 0 Å². The Bertz CT molecular complexity index is 592. The first-order valence-electron chi connectivity index (χ1n) is 5.50. The highest BCUT2D eigenvalue weighted by Gasteiger charge is 2.46. The Morgan fingerprint density at radius 3 is 2.35 bits per heavy atom. The van der Waals surface area contributed by atoms with Crippen LogP contribution in [0.2, 0.25) is 0 Å². The van der Waals surface area contributed by atoms with Crippen molar-refractivity contribution in [3.8, 4) is 0 Å². The van der Waals surface area contributed by atoms with Gasteiger partial charge in [0.25, 0.3) is 5.84 Å². The number of para-hydroxylation sites is 1. The molecule has 1 atom stereocenters. The first-order valence-corrected chi connectivity index (χ1v) is 5.50. The maximum Gasteiger partial charge on any atom is 0.287 e. The van der Waals surface area contributed by atoms with E-state index in [4.69, 9.17) is 5.73 Å². The van der Waals surface area contributed by atoms with Crippen LogP contribution in [0.25, 0.3) is 0 Å². The van der Waals surface area contributed by atoms with Crippen LogP contribution in [0, 0.1) is 0 Å². The van der Waals surface area contributed by atoms with Crippen LogP contribution in [0.3, 0.4) is 0 Å². The van der Waals surface area contributed by atoms with E-state index in [0.717, 1.165) is 16.8 Å². The highest BCUT2D eigenvalue weighted by atomic mass is 16.3. The van der Waals surface area contributed by atoms with Crippen LogP contribution in [0.5, 0.6) is 0 Å². The van der Waals surface area contributed by atoms with Gasteiger partial charge in [-0.05, 0) is 6.07 Å². The van der Waals surface area contributed by atoms with E-state index in [2.05, 4.69) is 4.99 Å². The molecule has 3 rings (SSSR count). The van der Waals surface area contributed by atoms with E-state index in [-0.39, 0.29) is 0 Å². The predicted molar refractivity (Wildman–Crippen MR) is 65.7 cm³/mol. The number of amidine groups is 1. The molecule has 0 spiro atoms. The van der Waals surface area contributed by atoms with Gasteiger partial charge in [-0.2, -0.15) is 0 Å². The van der Waals surface area contributed by atoms with Gasteiger partial charge in [-0.3, -0.25) is 5.73 Å². The second-order valence-electron chi connectivity index (χ2n) is 4.16. The molecule has 0 bridgehead atoms. The van der Waals surface area contributed by atoms with Crippen molar-refractivity contribution in [2.45, 2.75) is 5.60 Å². The Labute approximate surface area is 99.2 Å². The Kier molecular flexibility index (Phi) is 2.03. The highest BCUT2D eigenvalue weighted by Crippen LogP contribution is 2.34. The number of benzene rings is 2. The van der Waals surface area contributed by atoms with Gasteiger partial charge in [-0.25, -0.2) is 4.99 Å². The first-order chi connectivity index (χ1) is 8.23. The van der Waals surface area contributed by atoms with Crippen molar-refractivity contribution < 1.29 is 10.1 Å². The normalized spacial score (nSPS) is 22.1.